The molecule has 0 saturated carbocycles. The van der Waals surface area contributed by atoms with Crippen molar-refractivity contribution in [3.8, 4) is 0 Å². The van der Waals surface area contributed by atoms with E-state index < -0.39 is 0 Å². The Balaban J connectivity index is 0.00000180. The highest BCUT2D eigenvalue weighted by Gasteiger charge is 2.23. The molecule has 1 amide bonds. The molecule has 6 heteroatoms. The number of nitrogens with one attached hydrogen (secondary N) is 1. The third kappa shape index (κ3) is 3.99. The SMILES string of the molecule is CNC1CCCN(C(=O)c2ccc(Cl)c(Cl)c2)C1.Cl. The van der Waals surface area contributed by atoms with Crippen LogP contribution in [0.4, 0.5) is 0 Å². The minimum atomic E-state index is 0. The minimum Gasteiger partial charge on any atom is -0.337 e. The number of nitrogens with zero attached hydrogens (tertiary/aromatic N) is 1. The van der Waals surface area contributed by atoms with Crippen LogP contribution in [0.1, 0.15) is 23.2 Å². The van der Waals surface area contributed by atoms with Crippen molar-refractivity contribution in [3.05, 3.63) is 33.8 Å². The molecule has 0 spiro atoms. The highest BCUT2D eigenvalue weighted by Crippen LogP contribution is 2.24. The van der Waals surface area contributed by atoms with Crippen molar-refractivity contribution in [3.63, 3.8) is 0 Å². The van der Waals surface area contributed by atoms with E-state index in [0.717, 1.165) is 25.9 Å². The zero-order valence-corrected chi connectivity index (χ0v) is 13.0. The van der Waals surface area contributed by atoms with Gasteiger partial charge in [-0.1, -0.05) is 23.2 Å². The summed E-state index contributed by atoms with van der Waals surface area (Å²) in [6.45, 7) is 1.55. The van der Waals surface area contributed by atoms with Crippen molar-refractivity contribution in [1.29, 1.82) is 0 Å². The molecule has 1 heterocycles. The highest BCUT2D eigenvalue weighted by atomic mass is 35.5. The van der Waals surface area contributed by atoms with Gasteiger partial charge in [0, 0.05) is 24.7 Å². The number of carbonyl (C=O) groups is 1. The summed E-state index contributed by atoms with van der Waals surface area (Å²) in [5.74, 6) is 0.0218. The van der Waals surface area contributed by atoms with Crippen LogP contribution in [0.5, 0.6) is 0 Å². The standard InChI is InChI=1S/C13H16Cl2N2O.ClH/c1-16-10-3-2-6-17(8-10)13(18)9-4-5-11(14)12(15)7-9;/h4-5,7,10,16H,2-3,6,8H2,1H3;1H. The number of halogens is 3. The summed E-state index contributed by atoms with van der Waals surface area (Å²) in [6.07, 6.45) is 2.14. The predicted molar refractivity (Wildman–Crippen MR) is 81.7 cm³/mol. The number of rotatable bonds is 2. The molecule has 1 aromatic carbocycles. The highest BCUT2D eigenvalue weighted by molar-refractivity contribution is 6.42. The van der Waals surface area contributed by atoms with Gasteiger partial charge in [0.2, 0.25) is 0 Å². The Morgan fingerprint density at radius 3 is 2.74 bits per heavy atom. The molecular weight excluding hydrogens is 307 g/mol. The zero-order valence-electron chi connectivity index (χ0n) is 10.7. The second-order valence-electron chi connectivity index (χ2n) is 4.51. The van der Waals surface area contributed by atoms with Crippen LogP contribution in [0.25, 0.3) is 0 Å². The van der Waals surface area contributed by atoms with Gasteiger partial charge < -0.3 is 10.2 Å². The smallest absolute Gasteiger partial charge is 0.253 e. The molecule has 1 aromatic rings. The van der Waals surface area contributed by atoms with E-state index in [1.807, 2.05) is 11.9 Å². The first-order valence-corrected chi connectivity index (χ1v) is 6.79. The van der Waals surface area contributed by atoms with E-state index in [-0.39, 0.29) is 18.3 Å². The topological polar surface area (TPSA) is 32.3 Å². The molecule has 19 heavy (non-hydrogen) atoms. The molecule has 1 unspecified atom stereocenters. The quantitative estimate of drug-likeness (QED) is 0.906. The van der Waals surface area contributed by atoms with E-state index >= 15 is 0 Å². The lowest BCUT2D eigenvalue weighted by molar-refractivity contribution is 0.0698. The normalized spacial score (nSPS) is 18.9. The Morgan fingerprint density at radius 1 is 1.37 bits per heavy atom. The van der Waals surface area contributed by atoms with Crippen molar-refractivity contribution in [2.45, 2.75) is 18.9 Å². The van der Waals surface area contributed by atoms with Gasteiger partial charge >= 0.3 is 0 Å². The van der Waals surface area contributed by atoms with Gasteiger partial charge in [0.25, 0.3) is 5.91 Å². The number of benzene rings is 1. The summed E-state index contributed by atoms with van der Waals surface area (Å²) in [4.78, 5) is 14.2. The van der Waals surface area contributed by atoms with Crippen molar-refractivity contribution in [1.82, 2.24) is 10.2 Å². The first-order valence-electron chi connectivity index (χ1n) is 6.03. The summed E-state index contributed by atoms with van der Waals surface area (Å²) in [6, 6.07) is 5.40. The Hall–Kier alpha value is -0.480. The Bertz CT molecular complexity index is 454. The number of carbonyl (C=O) groups excluding carboxylic acids is 1. The van der Waals surface area contributed by atoms with Gasteiger partial charge in [-0.15, -0.1) is 12.4 Å². The van der Waals surface area contributed by atoms with Crippen molar-refractivity contribution in [2.24, 2.45) is 0 Å². The summed E-state index contributed by atoms with van der Waals surface area (Å²) >= 11 is 11.8. The van der Waals surface area contributed by atoms with Gasteiger partial charge in [0.1, 0.15) is 0 Å². The maximum Gasteiger partial charge on any atom is 0.253 e. The van der Waals surface area contributed by atoms with Gasteiger partial charge in [-0.05, 0) is 38.1 Å². The molecule has 0 bridgehead atoms. The fourth-order valence-electron chi connectivity index (χ4n) is 2.21. The molecule has 0 radical (unpaired) electrons. The molecular formula is C13H17Cl3N2O. The zero-order chi connectivity index (χ0) is 13.1. The average molecular weight is 324 g/mol. The summed E-state index contributed by atoms with van der Waals surface area (Å²) < 4.78 is 0. The van der Waals surface area contributed by atoms with Crippen LogP contribution in [-0.4, -0.2) is 37.0 Å². The van der Waals surface area contributed by atoms with E-state index in [2.05, 4.69) is 5.32 Å². The Labute approximate surface area is 129 Å². The maximum absolute atomic E-state index is 12.3. The van der Waals surface area contributed by atoms with Gasteiger partial charge in [-0.3, -0.25) is 4.79 Å². The largest absolute Gasteiger partial charge is 0.337 e. The van der Waals surface area contributed by atoms with Crippen LogP contribution >= 0.6 is 35.6 Å². The number of amides is 1. The van der Waals surface area contributed by atoms with Crippen LogP contribution in [0.3, 0.4) is 0 Å². The van der Waals surface area contributed by atoms with Gasteiger partial charge in [0.05, 0.1) is 10.0 Å². The van der Waals surface area contributed by atoms with Crippen LogP contribution in [0, 0.1) is 0 Å². The second-order valence-corrected chi connectivity index (χ2v) is 5.32. The summed E-state index contributed by atoms with van der Waals surface area (Å²) in [5.41, 5.74) is 0.598. The van der Waals surface area contributed by atoms with Crippen LogP contribution in [-0.2, 0) is 0 Å². The van der Waals surface area contributed by atoms with E-state index in [1.165, 1.54) is 0 Å². The molecule has 1 aliphatic heterocycles. The minimum absolute atomic E-state index is 0. The lowest BCUT2D eigenvalue weighted by Gasteiger charge is -2.32. The van der Waals surface area contributed by atoms with Gasteiger partial charge in [0.15, 0.2) is 0 Å². The molecule has 0 aromatic heterocycles. The molecule has 1 aliphatic rings. The lowest BCUT2D eigenvalue weighted by atomic mass is 10.0. The summed E-state index contributed by atoms with van der Waals surface area (Å²) in [7, 11) is 1.93. The molecule has 3 nitrogen and oxygen atoms in total. The third-order valence-corrected chi connectivity index (χ3v) is 4.02. The molecule has 1 atom stereocenters. The monoisotopic (exact) mass is 322 g/mol. The third-order valence-electron chi connectivity index (χ3n) is 3.28. The number of likely N-dealkylation sites (N-methyl/N-ethyl adjacent to an activating group) is 1. The molecule has 2 rings (SSSR count). The number of piperidine rings is 1. The van der Waals surface area contributed by atoms with Gasteiger partial charge in [-0.25, -0.2) is 0 Å². The fraction of sp³-hybridized carbons (Fsp3) is 0.462. The molecule has 106 valence electrons. The summed E-state index contributed by atoms with van der Waals surface area (Å²) in [5, 5.41) is 4.11. The molecule has 1 N–H and O–H groups in total. The first kappa shape index (κ1) is 16.6. The van der Waals surface area contributed by atoms with Crippen LogP contribution < -0.4 is 5.32 Å². The van der Waals surface area contributed by atoms with Crippen molar-refractivity contribution < 1.29 is 4.79 Å². The maximum atomic E-state index is 12.3. The number of hydrogen-bond acceptors (Lipinski definition) is 2. The molecule has 1 fully saturated rings. The van der Waals surface area contributed by atoms with Crippen LogP contribution in [0.15, 0.2) is 18.2 Å². The lowest BCUT2D eigenvalue weighted by Crippen LogP contribution is -2.46. The number of likely N-dealkylation sites (tertiary alicyclic amines) is 1. The Kier molecular flexibility index (Phi) is 6.40. The fourth-order valence-corrected chi connectivity index (χ4v) is 2.51. The average Bonchev–Trinajstić information content (AvgIpc) is 2.41. The molecule has 0 aliphatic carbocycles. The van der Waals surface area contributed by atoms with E-state index in [9.17, 15) is 4.79 Å². The molecule has 1 saturated heterocycles. The van der Waals surface area contributed by atoms with E-state index in [4.69, 9.17) is 23.2 Å². The first-order chi connectivity index (χ1) is 8.61. The van der Waals surface area contributed by atoms with Gasteiger partial charge in [-0.2, -0.15) is 0 Å². The predicted octanol–water partition coefficient (Wildman–Crippen LogP) is 3.24. The number of hydrogen-bond donors (Lipinski definition) is 1. The van der Waals surface area contributed by atoms with Crippen molar-refractivity contribution in [2.75, 3.05) is 20.1 Å². The van der Waals surface area contributed by atoms with E-state index in [1.54, 1.807) is 18.2 Å². The Morgan fingerprint density at radius 2 is 2.11 bits per heavy atom. The second kappa shape index (κ2) is 7.34. The van der Waals surface area contributed by atoms with E-state index in [0.29, 0.717) is 21.7 Å². The van der Waals surface area contributed by atoms with Crippen LogP contribution in [0.2, 0.25) is 10.0 Å². The van der Waals surface area contributed by atoms with Crippen molar-refractivity contribution >= 4 is 41.5 Å².